The monoisotopic (exact) mass is 477 g/mol. The van der Waals surface area contributed by atoms with Crippen molar-refractivity contribution in [3.63, 3.8) is 0 Å². The molecule has 4 fully saturated rings. The summed E-state index contributed by atoms with van der Waals surface area (Å²) in [6.45, 7) is 12.1. The summed E-state index contributed by atoms with van der Waals surface area (Å²) in [5, 5.41) is 20.3. The number of aliphatic hydroxyl groups is 2. The molecule has 0 aromatic rings. The van der Waals surface area contributed by atoms with Gasteiger partial charge in [-0.25, -0.2) is 8.78 Å². The summed E-state index contributed by atoms with van der Waals surface area (Å²) < 4.78 is 27.9. The van der Waals surface area contributed by atoms with Crippen molar-refractivity contribution in [1.29, 1.82) is 0 Å². The molecule has 4 aliphatic rings. The van der Waals surface area contributed by atoms with Crippen molar-refractivity contribution in [3.8, 4) is 0 Å². The summed E-state index contributed by atoms with van der Waals surface area (Å²) in [6, 6.07) is 0. The number of hydrogen-bond acceptors (Lipinski definition) is 3. The van der Waals surface area contributed by atoms with E-state index in [1.54, 1.807) is 0 Å². The first-order valence-electron chi connectivity index (χ1n) is 13.5. The number of rotatable bonds is 5. The van der Waals surface area contributed by atoms with Crippen LogP contribution in [0.5, 0.6) is 0 Å². The van der Waals surface area contributed by atoms with Crippen LogP contribution in [0, 0.1) is 29.1 Å². The largest absolute Gasteiger partial charge is 0.388 e. The predicted octanol–water partition coefficient (Wildman–Crippen LogP) is 6.13. The summed E-state index contributed by atoms with van der Waals surface area (Å²) in [7, 11) is 0. The van der Waals surface area contributed by atoms with Crippen LogP contribution in [-0.2, 0) is 0 Å². The van der Waals surface area contributed by atoms with E-state index < -0.39 is 24.0 Å². The van der Waals surface area contributed by atoms with Crippen molar-refractivity contribution in [1.82, 2.24) is 4.90 Å². The second kappa shape index (κ2) is 10.1. The van der Waals surface area contributed by atoms with Crippen LogP contribution < -0.4 is 0 Å². The van der Waals surface area contributed by atoms with Crippen LogP contribution in [-0.4, -0.2) is 52.9 Å². The van der Waals surface area contributed by atoms with Gasteiger partial charge in [0, 0.05) is 19.0 Å². The Bertz CT molecular complexity index is 799. The van der Waals surface area contributed by atoms with Crippen LogP contribution in [0.4, 0.5) is 8.78 Å². The number of halogens is 2. The maximum absolute atomic E-state index is 13.9. The molecule has 192 valence electrons. The molecule has 3 nitrogen and oxygen atoms in total. The van der Waals surface area contributed by atoms with Crippen LogP contribution in [0.25, 0.3) is 0 Å². The van der Waals surface area contributed by atoms with Crippen molar-refractivity contribution < 1.29 is 19.0 Å². The van der Waals surface area contributed by atoms with Crippen molar-refractivity contribution in [2.45, 2.75) is 96.7 Å². The number of nitrogens with zero attached hydrogens (tertiary/aromatic N) is 1. The number of piperidine rings is 1. The van der Waals surface area contributed by atoms with E-state index in [1.165, 1.54) is 31.3 Å². The zero-order valence-electron chi connectivity index (χ0n) is 21.4. The molecule has 5 heteroatoms. The van der Waals surface area contributed by atoms with Crippen LogP contribution in [0.3, 0.4) is 0 Å². The van der Waals surface area contributed by atoms with Gasteiger partial charge in [-0.1, -0.05) is 43.7 Å². The van der Waals surface area contributed by atoms with Crippen LogP contribution in [0.15, 0.2) is 35.5 Å². The molecule has 4 rings (SSSR count). The fourth-order valence-corrected chi connectivity index (χ4v) is 7.81. The summed E-state index contributed by atoms with van der Waals surface area (Å²) >= 11 is 0. The third-order valence-electron chi connectivity index (χ3n) is 9.79. The minimum atomic E-state index is -2.58. The minimum Gasteiger partial charge on any atom is -0.388 e. The molecule has 34 heavy (non-hydrogen) atoms. The average molecular weight is 478 g/mol. The van der Waals surface area contributed by atoms with Crippen molar-refractivity contribution in [2.24, 2.45) is 29.1 Å². The van der Waals surface area contributed by atoms with Crippen molar-refractivity contribution >= 4 is 0 Å². The topological polar surface area (TPSA) is 43.7 Å². The molecule has 1 heterocycles. The zero-order valence-corrected chi connectivity index (χ0v) is 21.4. The van der Waals surface area contributed by atoms with E-state index in [0.717, 1.165) is 38.4 Å². The van der Waals surface area contributed by atoms with Gasteiger partial charge in [0.15, 0.2) is 0 Å². The highest BCUT2D eigenvalue weighted by Crippen LogP contribution is 2.59. The Balaban J connectivity index is 1.42. The van der Waals surface area contributed by atoms with Gasteiger partial charge >= 0.3 is 0 Å². The molecule has 1 saturated heterocycles. The standard InChI is InChI=1S/C29H45F2NO2/c1-19(17-32-14-6-8-23(18-32)29(4,30)31)24-11-12-25-22(7-5-13-28(24,25)3)10-9-21-15-26(33)20(2)27(34)16-21/h9-10,19,23-27,33-34H,2,5-8,11-18H2,1,3-4H3/b22-10+/t19?,23-,24+,25-,26+,27+,28+/m0/s1. The Kier molecular flexibility index (Phi) is 7.77. The molecule has 0 bridgehead atoms. The first-order valence-corrected chi connectivity index (χ1v) is 13.5. The van der Waals surface area contributed by atoms with Gasteiger partial charge in [0.1, 0.15) is 0 Å². The van der Waals surface area contributed by atoms with Gasteiger partial charge in [0.25, 0.3) is 0 Å². The first kappa shape index (κ1) is 26.0. The molecule has 0 radical (unpaired) electrons. The van der Waals surface area contributed by atoms with Crippen LogP contribution in [0.1, 0.15) is 78.6 Å². The molecule has 0 amide bonds. The average Bonchev–Trinajstić information content (AvgIpc) is 3.13. The predicted molar refractivity (Wildman–Crippen MR) is 134 cm³/mol. The Morgan fingerprint density at radius 1 is 1.15 bits per heavy atom. The van der Waals surface area contributed by atoms with Gasteiger partial charge in [-0.05, 0) is 100.0 Å². The summed E-state index contributed by atoms with van der Waals surface area (Å²) in [5.74, 6) is -1.38. The van der Waals surface area contributed by atoms with Crippen LogP contribution >= 0.6 is 0 Å². The second-order valence-corrected chi connectivity index (χ2v) is 12.2. The molecule has 1 aliphatic heterocycles. The highest BCUT2D eigenvalue weighted by atomic mass is 19.3. The lowest BCUT2D eigenvalue weighted by atomic mass is 9.61. The van der Waals surface area contributed by atoms with Gasteiger partial charge in [-0.2, -0.15) is 0 Å². The lowest BCUT2D eigenvalue weighted by Crippen LogP contribution is -2.46. The Morgan fingerprint density at radius 3 is 2.53 bits per heavy atom. The first-order chi connectivity index (χ1) is 16.0. The molecule has 1 unspecified atom stereocenters. The summed E-state index contributed by atoms with van der Waals surface area (Å²) in [6.07, 6.45) is 11.8. The molecule has 3 aliphatic carbocycles. The lowest BCUT2D eigenvalue weighted by molar-refractivity contribution is -0.0695. The number of likely N-dealkylation sites (tertiary alicyclic amines) is 1. The molecule has 7 atom stereocenters. The third kappa shape index (κ3) is 5.37. The molecular formula is C29H45F2NO2. The molecular weight excluding hydrogens is 432 g/mol. The van der Waals surface area contributed by atoms with E-state index in [-0.39, 0.29) is 5.41 Å². The Labute approximate surface area is 205 Å². The van der Waals surface area contributed by atoms with Gasteiger partial charge < -0.3 is 15.1 Å². The number of aliphatic hydroxyl groups excluding tert-OH is 2. The SMILES string of the molecule is C=C1[C@H](O)CC(=C/C=C2\CCC[C@]3(C)[C@@H](C(C)CN4CCC[C@H](C(C)(F)F)C4)CC[C@@H]23)C[C@H]1O. The van der Waals surface area contributed by atoms with E-state index in [0.29, 0.717) is 49.1 Å². The summed E-state index contributed by atoms with van der Waals surface area (Å²) in [5.41, 5.74) is 3.42. The molecule has 3 saturated carbocycles. The highest BCUT2D eigenvalue weighted by Gasteiger charge is 2.51. The van der Waals surface area contributed by atoms with Crippen molar-refractivity contribution in [3.05, 3.63) is 35.5 Å². The van der Waals surface area contributed by atoms with Gasteiger partial charge in [0.2, 0.25) is 5.92 Å². The zero-order chi connectivity index (χ0) is 24.7. The van der Waals surface area contributed by atoms with Gasteiger partial charge in [-0.15, -0.1) is 0 Å². The molecule has 0 spiro atoms. The normalized spacial score (nSPS) is 39.9. The fourth-order valence-electron chi connectivity index (χ4n) is 7.81. The van der Waals surface area contributed by atoms with E-state index in [9.17, 15) is 19.0 Å². The highest BCUT2D eigenvalue weighted by molar-refractivity contribution is 5.29. The lowest BCUT2D eigenvalue weighted by Gasteiger charge is -2.46. The Hall–Kier alpha value is -1.04. The van der Waals surface area contributed by atoms with E-state index in [1.807, 2.05) is 0 Å². The summed E-state index contributed by atoms with van der Waals surface area (Å²) in [4.78, 5) is 2.31. The maximum atomic E-state index is 13.9. The van der Waals surface area contributed by atoms with Gasteiger partial charge in [-0.3, -0.25) is 0 Å². The quantitative estimate of drug-likeness (QED) is 0.468. The van der Waals surface area contributed by atoms with Crippen LogP contribution in [0.2, 0.25) is 0 Å². The van der Waals surface area contributed by atoms with E-state index >= 15 is 0 Å². The second-order valence-electron chi connectivity index (χ2n) is 12.2. The number of alkyl halides is 2. The molecule has 0 aromatic carbocycles. The molecule has 2 N–H and O–H groups in total. The minimum absolute atomic E-state index is 0.270. The van der Waals surface area contributed by atoms with E-state index in [4.69, 9.17) is 0 Å². The fraction of sp³-hybridized carbons (Fsp3) is 0.793. The maximum Gasteiger partial charge on any atom is 0.249 e. The Morgan fingerprint density at radius 2 is 1.85 bits per heavy atom. The van der Waals surface area contributed by atoms with Gasteiger partial charge in [0.05, 0.1) is 12.2 Å². The third-order valence-corrected chi connectivity index (χ3v) is 9.79. The van der Waals surface area contributed by atoms with Crippen molar-refractivity contribution in [2.75, 3.05) is 19.6 Å². The number of hydrogen-bond donors (Lipinski definition) is 2. The smallest absolute Gasteiger partial charge is 0.249 e. The number of allylic oxidation sites excluding steroid dienone is 3. The number of fused-ring (bicyclic) bond motifs is 1. The van der Waals surface area contributed by atoms with E-state index in [2.05, 4.69) is 37.5 Å². The molecule has 0 aromatic heterocycles.